The number of hydrogen-bond acceptors (Lipinski definition) is 7. The zero-order chi connectivity index (χ0) is 23.3. The second-order valence-electron chi connectivity index (χ2n) is 6.68. The largest absolute Gasteiger partial charge is 0.359 e. The number of benzene rings is 2. The zero-order valence-corrected chi connectivity index (χ0v) is 18.1. The van der Waals surface area contributed by atoms with Gasteiger partial charge in [0.25, 0.3) is 5.69 Å². The van der Waals surface area contributed by atoms with Gasteiger partial charge in [0.1, 0.15) is 6.23 Å². The minimum Gasteiger partial charge on any atom is -0.359 e. The van der Waals surface area contributed by atoms with Crippen LogP contribution < -0.4 is 10.6 Å². The summed E-state index contributed by atoms with van der Waals surface area (Å²) in [5.74, 6) is -1.87. The molecule has 170 valence electrons. The first-order valence-corrected chi connectivity index (χ1v) is 11.2. The second-order valence-corrected chi connectivity index (χ2v) is 8.97. The molecule has 2 N–H and O–H groups in total. The average molecular weight is 483 g/mol. The van der Waals surface area contributed by atoms with Crippen LogP contribution in [-0.2, 0) is 30.9 Å². The first-order chi connectivity index (χ1) is 15.2. The van der Waals surface area contributed by atoms with Crippen molar-refractivity contribution in [3.05, 3.63) is 69.2 Å². The molecule has 1 atom stereocenters. The van der Waals surface area contributed by atoms with E-state index in [1.165, 1.54) is 0 Å². The van der Waals surface area contributed by atoms with Gasteiger partial charge in [0.2, 0.25) is 10.0 Å². The van der Waals surface area contributed by atoms with Crippen molar-refractivity contribution in [1.29, 1.82) is 0 Å². The molecule has 11 nitrogen and oxygen atoms in total. The number of amides is 2. The Labute approximate surface area is 188 Å². The van der Waals surface area contributed by atoms with Crippen LogP contribution in [0.5, 0.6) is 0 Å². The number of nitrogens with zero attached hydrogens (tertiary/aromatic N) is 2. The standard InChI is InChI=1S/C19H19ClN4O7S/c20-16-4-2-1-3-13(16)11-21-18(25)19(26)22-12-17-23(9-10-31-17)32(29,30)15-7-5-14(6-8-15)24(27)28/h1-8,17H,9-12H2,(H,21,25)(H,22,26)/t17-/m1/s1. The van der Waals surface area contributed by atoms with Gasteiger partial charge in [-0.3, -0.25) is 19.7 Å². The number of hydrogen-bond donors (Lipinski definition) is 2. The summed E-state index contributed by atoms with van der Waals surface area (Å²) < 4.78 is 32.1. The van der Waals surface area contributed by atoms with Crippen molar-refractivity contribution in [2.24, 2.45) is 0 Å². The minimum atomic E-state index is -4.03. The number of non-ortho nitro benzene ring substituents is 1. The van der Waals surface area contributed by atoms with E-state index in [1.807, 2.05) is 0 Å². The number of halogens is 1. The number of nitrogens with one attached hydrogen (secondary N) is 2. The van der Waals surface area contributed by atoms with E-state index in [4.69, 9.17) is 16.3 Å². The third-order valence-electron chi connectivity index (χ3n) is 4.64. The summed E-state index contributed by atoms with van der Waals surface area (Å²) in [6.45, 7) is -0.0962. The number of rotatable bonds is 7. The van der Waals surface area contributed by atoms with Crippen molar-refractivity contribution in [3.8, 4) is 0 Å². The lowest BCUT2D eigenvalue weighted by molar-refractivity contribution is -0.384. The maximum Gasteiger partial charge on any atom is 0.309 e. The molecule has 1 saturated heterocycles. The summed E-state index contributed by atoms with van der Waals surface area (Å²) in [6.07, 6.45) is -1.03. The lowest BCUT2D eigenvalue weighted by Crippen LogP contribution is -2.47. The highest BCUT2D eigenvalue weighted by Gasteiger charge is 2.36. The fourth-order valence-corrected chi connectivity index (χ4v) is 4.69. The fraction of sp³-hybridized carbons (Fsp3) is 0.263. The molecule has 32 heavy (non-hydrogen) atoms. The van der Waals surface area contributed by atoms with E-state index in [0.29, 0.717) is 10.6 Å². The molecule has 2 amide bonds. The van der Waals surface area contributed by atoms with Gasteiger partial charge in [-0.1, -0.05) is 29.8 Å². The molecule has 0 saturated carbocycles. The number of carbonyl (C=O) groups is 2. The summed E-state index contributed by atoms with van der Waals surface area (Å²) in [5.41, 5.74) is 0.392. The van der Waals surface area contributed by atoms with E-state index in [2.05, 4.69) is 10.6 Å². The molecule has 0 aromatic heterocycles. The van der Waals surface area contributed by atoms with Crippen LogP contribution in [-0.4, -0.2) is 55.4 Å². The number of nitro groups is 1. The topological polar surface area (TPSA) is 148 Å². The Morgan fingerprint density at radius 1 is 1.12 bits per heavy atom. The maximum absolute atomic E-state index is 12.9. The SMILES string of the molecule is O=C(NCc1ccccc1Cl)C(=O)NC[C@H]1OCCN1S(=O)(=O)c1ccc([N+](=O)[O-])cc1. The summed E-state index contributed by atoms with van der Waals surface area (Å²) >= 11 is 6.00. The average Bonchev–Trinajstić information content (AvgIpc) is 3.26. The second kappa shape index (κ2) is 10.0. The zero-order valence-electron chi connectivity index (χ0n) is 16.6. The van der Waals surface area contributed by atoms with Gasteiger partial charge in [-0.05, 0) is 23.8 Å². The molecule has 1 heterocycles. The van der Waals surface area contributed by atoms with Crippen molar-refractivity contribution in [3.63, 3.8) is 0 Å². The van der Waals surface area contributed by atoms with Gasteiger partial charge < -0.3 is 15.4 Å². The van der Waals surface area contributed by atoms with Gasteiger partial charge >= 0.3 is 11.8 Å². The summed E-state index contributed by atoms with van der Waals surface area (Å²) in [6, 6.07) is 11.3. The maximum atomic E-state index is 12.9. The van der Waals surface area contributed by atoms with Crippen molar-refractivity contribution in [2.75, 3.05) is 19.7 Å². The lowest BCUT2D eigenvalue weighted by Gasteiger charge is -2.22. The lowest BCUT2D eigenvalue weighted by atomic mass is 10.2. The Kier molecular flexibility index (Phi) is 7.40. The molecule has 0 bridgehead atoms. The number of ether oxygens (including phenoxy) is 1. The molecule has 1 aliphatic heterocycles. The van der Waals surface area contributed by atoms with Crippen molar-refractivity contribution < 1.29 is 27.7 Å². The molecule has 2 aromatic rings. The Bertz CT molecular complexity index is 1120. The van der Waals surface area contributed by atoms with Crippen LogP contribution in [0.3, 0.4) is 0 Å². The van der Waals surface area contributed by atoms with Gasteiger partial charge in [0.05, 0.1) is 23.0 Å². The van der Waals surface area contributed by atoms with E-state index in [0.717, 1.165) is 28.6 Å². The van der Waals surface area contributed by atoms with Crippen LogP contribution in [0, 0.1) is 10.1 Å². The molecule has 0 spiro atoms. The van der Waals surface area contributed by atoms with Crippen molar-refractivity contribution >= 4 is 39.1 Å². The number of carbonyl (C=O) groups excluding carboxylic acids is 2. The fourth-order valence-electron chi connectivity index (χ4n) is 2.97. The Morgan fingerprint density at radius 2 is 1.78 bits per heavy atom. The van der Waals surface area contributed by atoms with Gasteiger partial charge in [-0.15, -0.1) is 0 Å². The highest BCUT2D eigenvalue weighted by atomic mass is 35.5. The highest BCUT2D eigenvalue weighted by molar-refractivity contribution is 7.89. The molecular weight excluding hydrogens is 464 g/mol. The van der Waals surface area contributed by atoms with E-state index in [-0.39, 0.29) is 36.8 Å². The quantitative estimate of drug-likeness (QED) is 0.340. The molecule has 1 aliphatic rings. The molecule has 1 fully saturated rings. The first kappa shape index (κ1) is 23.6. The molecular formula is C19H19ClN4O7S. The smallest absolute Gasteiger partial charge is 0.309 e. The number of nitro benzene ring substituents is 1. The monoisotopic (exact) mass is 482 g/mol. The summed E-state index contributed by atoms with van der Waals surface area (Å²) in [7, 11) is -4.03. The predicted molar refractivity (Wildman–Crippen MR) is 113 cm³/mol. The normalized spacial score (nSPS) is 16.5. The van der Waals surface area contributed by atoms with Crippen molar-refractivity contribution in [2.45, 2.75) is 17.7 Å². The van der Waals surface area contributed by atoms with Gasteiger partial charge in [0.15, 0.2) is 0 Å². The Balaban J connectivity index is 1.58. The summed E-state index contributed by atoms with van der Waals surface area (Å²) in [4.78, 5) is 34.1. The van der Waals surface area contributed by atoms with Gasteiger partial charge in [-0.25, -0.2) is 8.42 Å². The third kappa shape index (κ3) is 5.40. The highest BCUT2D eigenvalue weighted by Crippen LogP contribution is 2.24. The molecule has 2 aromatic carbocycles. The van der Waals surface area contributed by atoms with Crippen LogP contribution in [0.15, 0.2) is 53.4 Å². The van der Waals surface area contributed by atoms with E-state index < -0.39 is 33.0 Å². The van der Waals surface area contributed by atoms with Crippen LogP contribution in [0.25, 0.3) is 0 Å². The van der Waals surface area contributed by atoms with Crippen LogP contribution in [0.2, 0.25) is 5.02 Å². The Hall–Kier alpha value is -3.06. The molecule has 0 unspecified atom stereocenters. The third-order valence-corrected chi connectivity index (χ3v) is 6.91. The van der Waals surface area contributed by atoms with Gasteiger partial charge in [-0.2, -0.15) is 4.31 Å². The van der Waals surface area contributed by atoms with Crippen LogP contribution in [0.4, 0.5) is 5.69 Å². The van der Waals surface area contributed by atoms with E-state index in [1.54, 1.807) is 24.3 Å². The van der Waals surface area contributed by atoms with Gasteiger partial charge in [0, 0.05) is 30.2 Å². The van der Waals surface area contributed by atoms with E-state index in [9.17, 15) is 28.1 Å². The minimum absolute atomic E-state index is 0.0263. The molecule has 0 radical (unpaired) electrons. The number of sulfonamides is 1. The Morgan fingerprint density at radius 3 is 2.44 bits per heavy atom. The molecule has 3 rings (SSSR count). The van der Waals surface area contributed by atoms with Crippen LogP contribution >= 0.6 is 11.6 Å². The molecule has 13 heteroatoms. The first-order valence-electron chi connectivity index (χ1n) is 9.37. The van der Waals surface area contributed by atoms with E-state index >= 15 is 0 Å². The summed E-state index contributed by atoms with van der Waals surface area (Å²) in [5, 5.41) is 16.0. The van der Waals surface area contributed by atoms with Crippen LogP contribution in [0.1, 0.15) is 5.56 Å². The predicted octanol–water partition coefficient (Wildman–Crippen LogP) is 1.03. The molecule has 0 aliphatic carbocycles. The van der Waals surface area contributed by atoms with Crippen molar-refractivity contribution in [1.82, 2.24) is 14.9 Å².